The molecule has 1 aliphatic rings. The summed E-state index contributed by atoms with van der Waals surface area (Å²) in [4.78, 5) is 33.2. The number of hydrogen-bond donors (Lipinski definition) is 4. The summed E-state index contributed by atoms with van der Waals surface area (Å²) in [6.45, 7) is 0.807. The van der Waals surface area contributed by atoms with Crippen molar-refractivity contribution in [2.75, 3.05) is 18.0 Å². The van der Waals surface area contributed by atoms with Crippen molar-refractivity contribution in [3.63, 3.8) is 0 Å². The third-order valence-electron chi connectivity index (χ3n) is 4.88. The smallest absolute Gasteiger partial charge is 0.268 e. The van der Waals surface area contributed by atoms with Gasteiger partial charge in [0.1, 0.15) is 17.5 Å². The van der Waals surface area contributed by atoms with Crippen LogP contribution in [-0.2, 0) is 0 Å². The van der Waals surface area contributed by atoms with E-state index in [1.165, 1.54) is 6.33 Å². The molecule has 1 amide bonds. The maximum atomic E-state index is 12.6. The average Bonchev–Trinajstić information content (AvgIpc) is 3.39. The van der Waals surface area contributed by atoms with E-state index >= 15 is 0 Å². The van der Waals surface area contributed by atoms with E-state index in [0.717, 1.165) is 10.9 Å². The van der Waals surface area contributed by atoms with Gasteiger partial charge in [-0.2, -0.15) is 0 Å². The number of aliphatic hydroxyl groups excluding tert-OH is 1. The van der Waals surface area contributed by atoms with Crippen LogP contribution in [0.3, 0.4) is 0 Å². The summed E-state index contributed by atoms with van der Waals surface area (Å²) in [7, 11) is 0. The van der Waals surface area contributed by atoms with Crippen molar-refractivity contribution < 1.29 is 9.90 Å². The average molecular weight is 363 g/mol. The second-order valence-electron chi connectivity index (χ2n) is 6.62. The minimum atomic E-state index is -0.703. The molecule has 1 aliphatic heterocycles. The lowest BCUT2D eigenvalue weighted by atomic mass is 10.2. The number of carbonyl (C=O) groups excluding carboxylic acids is 1. The highest BCUT2D eigenvalue weighted by Gasteiger charge is 2.34. The number of β-amino-alcohol motifs (C(OH)–C–C–N with tert-alkyl or cyclic N) is 1. The van der Waals surface area contributed by atoms with E-state index < -0.39 is 12.1 Å². The molecule has 0 spiro atoms. The molecule has 4 N–H and O–H groups in total. The number of amides is 1. The molecule has 0 radical (unpaired) electrons. The lowest BCUT2D eigenvalue weighted by molar-refractivity contribution is 0.0884. The molecule has 9 nitrogen and oxygen atoms in total. The summed E-state index contributed by atoms with van der Waals surface area (Å²) < 4.78 is 0. The monoisotopic (exact) mass is 363 g/mol. The maximum absolute atomic E-state index is 12.6. The number of anilines is 1. The maximum Gasteiger partial charge on any atom is 0.268 e. The van der Waals surface area contributed by atoms with Gasteiger partial charge in [0.15, 0.2) is 11.5 Å². The molecule has 27 heavy (non-hydrogen) atoms. The van der Waals surface area contributed by atoms with Crippen LogP contribution in [0.4, 0.5) is 5.82 Å². The topological polar surface area (TPSA) is 123 Å². The van der Waals surface area contributed by atoms with Crippen LogP contribution in [0.1, 0.15) is 10.5 Å². The molecule has 0 aliphatic carbocycles. The molecule has 4 heterocycles. The van der Waals surface area contributed by atoms with Gasteiger partial charge in [0.2, 0.25) is 0 Å². The molecule has 1 aromatic carbocycles. The van der Waals surface area contributed by atoms with Crippen LogP contribution in [-0.4, -0.2) is 61.2 Å². The zero-order chi connectivity index (χ0) is 18.4. The van der Waals surface area contributed by atoms with Crippen LogP contribution in [0.2, 0.25) is 0 Å². The van der Waals surface area contributed by atoms with E-state index in [-0.39, 0.29) is 5.91 Å². The van der Waals surface area contributed by atoms with Crippen molar-refractivity contribution >= 4 is 33.8 Å². The molecule has 1 saturated heterocycles. The van der Waals surface area contributed by atoms with Crippen molar-refractivity contribution in [3.05, 3.63) is 48.7 Å². The quantitative estimate of drug-likeness (QED) is 0.427. The number of benzene rings is 1. The van der Waals surface area contributed by atoms with Gasteiger partial charge >= 0.3 is 0 Å². The number of carbonyl (C=O) groups is 1. The molecular weight excluding hydrogens is 346 g/mol. The highest BCUT2D eigenvalue weighted by molar-refractivity contribution is 5.98. The Morgan fingerprint density at radius 1 is 1.22 bits per heavy atom. The van der Waals surface area contributed by atoms with E-state index in [1.54, 1.807) is 6.33 Å². The van der Waals surface area contributed by atoms with Crippen LogP contribution in [0.5, 0.6) is 0 Å². The molecule has 3 aromatic heterocycles. The fraction of sp³-hybridized carbons (Fsp3) is 0.222. The van der Waals surface area contributed by atoms with Crippen molar-refractivity contribution in [2.24, 2.45) is 0 Å². The molecule has 2 atom stereocenters. The minimum absolute atomic E-state index is 0.244. The number of para-hydroxylation sites is 1. The van der Waals surface area contributed by atoms with Gasteiger partial charge in [0.05, 0.1) is 18.5 Å². The lowest BCUT2D eigenvalue weighted by Gasteiger charge is -2.17. The Morgan fingerprint density at radius 3 is 3.00 bits per heavy atom. The highest BCUT2D eigenvalue weighted by Crippen LogP contribution is 2.24. The third kappa shape index (κ3) is 2.68. The third-order valence-corrected chi connectivity index (χ3v) is 4.88. The number of rotatable bonds is 3. The highest BCUT2D eigenvalue weighted by atomic mass is 16.3. The number of aliphatic hydroxyl groups is 1. The zero-order valence-electron chi connectivity index (χ0n) is 14.3. The predicted octanol–water partition coefficient (Wildman–Crippen LogP) is 0.814. The SMILES string of the molecule is O=C(N[C@@H]1CN(c2ncnc3nc[nH]c23)C[C@H]1O)c1cc2ccccc2[nH]1. The molecule has 5 rings (SSSR count). The first-order chi connectivity index (χ1) is 13.2. The Kier molecular flexibility index (Phi) is 3.54. The van der Waals surface area contributed by atoms with Crippen molar-refractivity contribution in [1.29, 1.82) is 0 Å². The summed E-state index contributed by atoms with van der Waals surface area (Å²) in [5, 5.41) is 14.3. The fourth-order valence-electron chi connectivity index (χ4n) is 3.54. The second kappa shape index (κ2) is 6.06. The number of hydrogen-bond acceptors (Lipinski definition) is 6. The van der Waals surface area contributed by atoms with Crippen LogP contribution in [0.15, 0.2) is 43.0 Å². The summed E-state index contributed by atoms with van der Waals surface area (Å²) in [5.41, 5.74) is 2.66. The number of aromatic amines is 2. The van der Waals surface area contributed by atoms with Crippen LogP contribution < -0.4 is 10.2 Å². The molecule has 0 saturated carbocycles. The van der Waals surface area contributed by atoms with E-state index in [9.17, 15) is 9.90 Å². The van der Waals surface area contributed by atoms with Gasteiger partial charge in [-0.1, -0.05) is 18.2 Å². The van der Waals surface area contributed by atoms with Gasteiger partial charge in [-0.15, -0.1) is 0 Å². The van der Waals surface area contributed by atoms with Crippen molar-refractivity contribution in [3.8, 4) is 0 Å². The minimum Gasteiger partial charge on any atom is -0.389 e. The van der Waals surface area contributed by atoms with Crippen LogP contribution in [0.25, 0.3) is 22.1 Å². The van der Waals surface area contributed by atoms with Crippen LogP contribution in [0, 0.1) is 0 Å². The number of imidazole rings is 1. The predicted molar refractivity (Wildman–Crippen MR) is 99.5 cm³/mol. The zero-order valence-corrected chi connectivity index (χ0v) is 14.3. The molecule has 9 heteroatoms. The van der Waals surface area contributed by atoms with Crippen LogP contribution >= 0.6 is 0 Å². The molecule has 0 unspecified atom stereocenters. The largest absolute Gasteiger partial charge is 0.389 e. The van der Waals surface area contributed by atoms with Gasteiger partial charge < -0.3 is 25.3 Å². The Balaban J connectivity index is 1.35. The number of aromatic nitrogens is 5. The summed E-state index contributed by atoms with van der Waals surface area (Å²) in [6.07, 6.45) is 2.30. The summed E-state index contributed by atoms with van der Waals surface area (Å²) in [6, 6.07) is 9.10. The van der Waals surface area contributed by atoms with E-state index in [4.69, 9.17) is 0 Å². The van der Waals surface area contributed by atoms with E-state index in [1.807, 2.05) is 35.2 Å². The number of nitrogens with one attached hydrogen (secondary N) is 3. The molecule has 0 bridgehead atoms. The first-order valence-corrected chi connectivity index (χ1v) is 8.65. The molecule has 1 fully saturated rings. The van der Waals surface area contributed by atoms with Gasteiger partial charge in [-0.05, 0) is 12.1 Å². The van der Waals surface area contributed by atoms with E-state index in [0.29, 0.717) is 35.8 Å². The Labute approximate surface area is 153 Å². The Morgan fingerprint density at radius 2 is 2.11 bits per heavy atom. The number of fused-ring (bicyclic) bond motifs is 2. The Bertz CT molecular complexity index is 1100. The molecule has 4 aromatic rings. The Hall–Kier alpha value is -3.46. The van der Waals surface area contributed by atoms with Crippen molar-refractivity contribution in [1.82, 2.24) is 30.2 Å². The second-order valence-corrected chi connectivity index (χ2v) is 6.62. The first kappa shape index (κ1) is 15.8. The fourth-order valence-corrected chi connectivity index (χ4v) is 3.54. The number of nitrogens with zero attached hydrogens (tertiary/aromatic N) is 4. The standard InChI is InChI=1S/C18H17N7O2/c26-14-7-25(17-15-16(20-8-19-15)21-9-22-17)6-13(14)24-18(27)12-5-10-3-1-2-4-11(10)23-12/h1-5,8-9,13-14,23,26H,6-7H2,(H,24,27)(H,19,20,21,22)/t13-,14-/m1/s1. The normalized spacial score (nSPS) is 19.8. The molecule has 136 valence electrons. The van der Waals surface area contributed by atoms with Gasteiger partial charge in [0.25, 0.3) is 5.91 Å². The summed E-state index contributed by atoms with van der Waals surface area (Å²) >= 11 is 0. The lowest BCUT2D eigenvalue weighted by Crippen LogP contribution is -2.43. The van der Waals surface area contributed by atoms with Gasteiger partial charge in [-0.25, -0.2) is 15.0 Å². The van der Waals surface area contributed by atoms with E-state index in [2.05, 4.69) is 30.2 Å². The first-order valence-electron chi connectivity index (χ1n) is 8.65. The number of H-pyrrole nitrogens is 2. The van der Waals surface area contributed by atoms with Gasteiger partial charge in [0, 0.05) is 24.0 Å². The van der Waals surface area contributed by atoms with Gasteiger partial charge in [-0.3, -0.25) is 4.79 Å². The molecular formula is C18H17N7O2. The van der Waals surface area contributed by atoms with Crippen molar-refractivity contribution in [2.45, 2.75) is 12.1 Å². The summed E-state index contributed by atoms with van der Waals surface area (Å²) in [5.74, 6) is 0.422.